The fraction of sp³-hybridized carbons (Fsp3) is 0.400. The molecule has 3 nitrogen and oxygen atoms in total. The van der Waals surface area contributed by atoms with E-state index in [2.05, 4.69) is 5.32 Å². The molecule has 0 bridgehead atoms. The summed E-state index contributed by atoms with van der Waals surface area (Å²) in [4.78, 5) is 0.465. The topological polar surface area (TPSA) is 46.2 Å². The third kappa shape index (κ3) is 1.44. The van der Waals surface area contributed by atoms with Crippen LogP contribution in [0.4, 0.5) is 0 Å². The molecule has 0 saturated heterocycles. The first-order valence-electron chi connectivity index (χ1n) is 4.55. The van der Waals surface area contributed by atoms with E-state index in [0.717, 1.165) is 17.7 Å². The molecular formula is C10H13NO2S. The Morgan fingerprint density at radius 3 is 2.79 bits per heavy atom. The molecule has 0 amide bonds. The van der Waals surface area contributed by atoms with E-state index in [9.17, 15) is 8.42 Å². The zero-order chi connectivity index (χ0) is 10.3. The molecule has 4 heteroatoms. The second-order valence-electron chi connectivity index (χ2n) is 3.70. The summed E-state index contributed by atoms with van der Waals surface area (Å²) in [6.07, 6.45) is 1.26. The van der Waals surface area contributed by atoms with Crippen LogP contribution in [-0.4, -0.2) is 14.7 Å². The van der Waals surface area contributed by atoms with Gasteiger partial charge in [0.2, 0.25) is 0 Å². The van der Waals surface area contributed by atoms with Gasteiger partial charge in [-0.05, 0) is 24.1 Å². The summed E-state index contributed by atoms with van der Waals surface area (Å²) in [5, 5.41) is 3.23. The van der Waals surface area contributed by atoms with Crippen molar-refractivity contribution in [3.63, 3.8) is 0 Å². The Morgan fingerprint density at radius 2 is 2.14 bits per heavy atom. The lowest BCUT2D eigenvalue weighted by atomic mass is 10.1. The standard InChI is InChI=1S/C10H13NO2S/c1-7-10-8(6-11-7)4-3-5-9(10)14(2,12)13/h3-5,7,11H,6H2,1-2H3. The SMILES string of the molecule is CC1NCc2cccc(S(C)(=O)=O)c21. The summed E-state index contributed by atoms with van der Waals surface area (Å²) >= 11 is 0. The van der Waals surface area contributed by atoms with Crippen molar-refractivity contribution < 1.29 is 8.42 Å². The second kappa shape index (κ2) is 3.07. The van der Waals surface area contributed by atoms with E-state index in [1.807, 2.05) is 13.0 Å². The van der Waals surface area contributed by atoms with E-state index in [1.54, 1.807) is 12.1 Å². The zero-order valence-corrected chi connectivity index (χ0v) is 9.06. The van der Waals surface area contributed by atoms with Gasteiger partial charge in [-0.15, -0.1) is 0 Å². The van der Waals surface area contributed by atoms with Crippen molar-refractivity contribution in [2.24, 2.45) is 0 Å². The van der Waals surface area contributed by atoms with Crippen LogP contribution in [-0.2, 0) is 16.4 Å². The first-order valence-corrected chi connectivity index (χ1v) is 6.44. The summed E-state index contributed by atoms with van der Waals surface area (Å²) in [5.74, 6) is 0. The fourth-order valence-corrected chi connectivity index (χ4v) is 2.96. The highest BCUT2D eigenvalue weighted by atomic mass is 32.2. The van der Waals surface area contributed by atoms with E-state index >= 15 is 0 Å². The van der Waals surface area contributed by atoms with Crippen LogP contribution in [0.1, 0.15) is 24.1 Å². The predicted octanol–water partition coefficient (Wildman–Crippen LogP) is 1.25. The molecule has 1 N–H and O–H groups in total. The maximum Gasteiger partial charge on any atom is 0.175 e. The van der Waals surface area contributed by atoms with Crippen LogP contribution in [0.3, 0.4) is 0 Å². The Kier molecular flexibility index (Phi) is 2.12. The van der Waals surface area contributed by atoms with Gasteiger partial charge in [0.05, 0.1) is 4.90 Å². The highest BCUT2D eigenvalue weighted by Gasteiger charge is 2.24. The normalized spacial score (nSPS) is 20.9. The summed E-state index contributed by atoms with van der Waals surface area (Å²) in [6, 6.07) is 5.59. The van der Waals surface area contributed by atoms with Gasteiger partial charge in [-0.25, -0.2) is 8.42 Å². The van der Waals surface area contributed by atoms with Gasteiger partial charge in [-0.1, -0.05) is 12.1 Å². The van der Waals surface area contributed by atoms with Gasteiger partial charge in [-0.3, -0.25) is 0 Å². The van der Waals surface area contributed by atoms with Crippen LogP contribution in [0, 0.1) is 0 Å². The van der Waals surface area contributed by atoms with Gasteiger partial charge in [0.15, 0.2) is 9.84 Å². The van der Waals surface area contributed by atoms with Crippen molar-refractivity contribution in [2.75, 3.05) is 6.26 Å². The van der Waals surface area contributed by atoms with Gasteiger partial charge < -0.3 is 5.32 Å². The molecule has 0 aromatic heterocycles. The summed E-state index contributed by atoms with van der Waals surface area (Å²) in [5.41, 5.74) is 2.04. The molecule has 1 unspecified atom stereocenters. The van der Waals surface area contributed by atoms with Gasteiger partial charge >= 0.3 is 0 Å². The van der Waals surface area contributed by atoms with Crippen LogP contribution in [0.15, 0.2) is 23.1 Å². The van der Waals surface area contributed by atoms with Gasteiger partial charge in [0.25, 0.3) is 0 Å². The molecule has 1 heterocycles. The Morgan fingerprint density at radius 1 is 1.43 bits per heavy atom. The van der Waals surface area contributed by atoms with Crippen molar-refractivity contribution in [1.29, 1.82) is 0 Å². The minimum absolute atomic E-state index is 0.135. The number of fused-ring (bicyclic) bond motifs is 1. The molecule has 0 saturated carbocycles. The average molecular weight is 211 g/mol. The molecule has 0 fully saturated rings. The van der Waals surface area contributed by atoms with Gasteiger partial charge in [0, 0.05) is 18.8 Å². The Balaban J connectivity index is 2.70. The van der Waals surface area contributed by atoms with E-state index < -0.39 is 9.84 Å². The molecule has 0 radical (unpaired) electrons. The van der Waals surface area contributed by atoms with Crippen LogP contribution < -0.4 is 5.32 Å². The fourth-order valence-electron chi connectivity index (χ4n) is 1.92. The van der Waals surface area contributed by atoms with Crippen LogP contribution in [0.25, 0.3) is 0 Å². The molecule has 14 heavy (non-hydrogen) atoms. The minimum atomic E-state index is -3.10. The third-order valence-electron chi connectivity index (χ3n) is 2.59. The Labute approximate surface area is 84.1 Å². The third-order valence-corrected chi connectivity index (χ3v) is 3.74. The molecule has 1 aromatic rings. The van der Waals surface area contributed by atoms with E-state index in [4.69, 9.17) is 0 Å². The number of nitrogens with one attached hydrogen (secondary N) is 1. The average Bonchev–Trinajstić information content (AvgIpc) is 2.46. The number of sulfone groups is 1. The Bertz CT molecular complexity index is 465. The van der Waals surface area contributed by atoms with Crippen molar-refractivity contribution in [3.05, 3.63) is 29.3 Å². The van der Waals surface area contributed by atoms with Crippen LogP contribution in [0.2, 0.25) is 0 Å². The number of hydrogen-bond donors (Lipinski definition) is 1. The summed E-state index contributed by atoms with van der Waals surface area (Å²) < 4.78 is 23.0. The molecule has 1 aliphatic heterocycles. The quantitative estimate of drug-likeness (QED) is 0.760. The van der Waals surface area contributed by atoms with E-state index in [-0.39, 0.29) is 6.04 Å². The highest BCUT2D eigenvalue weighted by molar-refractivity contribution is 7.90. The van der Waals surface area contributed by atoms with Gasteiger partial charge in [0.1, 0.15) is 0 Å². The largest absolute Gasteiger partial charge is 0.306 e. The number of benzene rings is 1. The highest BCUT2D eigenvalue weighted by Crippen LogP contribution is 2.30. The molecule has 0 spiro atoms. The lowest BCUT2D eigenvalue weighted by Gasteiger charge is -2.09. The summed E-state index contributed by atoms with van der Waals surface area (Å²) in [7, 11) is -3.10. The molecular weight excluding hydrogens is 198 g/mol. The molecule has 76 valence electrons. The zero-order valence-electron chi connectivity index (χ0n) is 8.24. The van der Waals surface area contributed by atoms with Crippen molar-refractivity contribution in [2.45, 2.75) is 24.4 Å². The first kappa shape index (κ1) is 9.68. The predicted molar refractivity (Wildman–Crippen MR) is 54.8 cm³/mol. The van der Waals surface area contributed by atoms with Crippen molar-refractivity contribution >= 4 is 9.84 Å². The molecule has 1 aliphatic rings. The minimum Gasteiger partial charge on any atom is -0.306 e. The Hall–Kier alpha value is -0.870. The van der Waals surface area contributed by atoms with Crippen LogP contribution in [0.5, 0.6) is 0 Å². The monoisotopic (exact) mass is 211 g/mol. The van der Waals surface area contributed by atoms with Crippen molar-refractivity contribution in [3.8, 4) is 0 Å². The molecule has 1 aromatic carbocycles. The second-order valence-corrected chi connectivity index (χ2v) is 5.69. The first-order chi connectivity index (χ1) is 6.50. The summed E-state index contributed by atoms with van der Waals surface area (Å²) in [6.45, 7) is 2.75. The van der Waals surface area contributed by atoms with Gasteiger partial charge in [-0.2, -0.15) is 0 Å². The van der Waals surface area contributed by atoms with E-state index in [1.165, 1.54) is 6.26 Å². The lowest BCUT2D eigenvalue weighted by Crippen LogP contribution is -2.10. The molecule has 1 atom stereocenters. The smallest absolute Gasteiger partial charge is 0.175 e. The van der Waals surface area contributed by atoms with Crippen molar-refractivity contribution in [1.82, 2.24) is 5.32 Å². The molecule has 0 aliphatic carbocycles. The maximum absolute atomic E-state index is 11.5. The molecule has 2 rings (SSSR count). The lowest BCUT2D eigenvalue weighted by molar-refractivity contribution is 0.594. The van der Waals surface area contributed by atoms with E-state index in [0.29, 0.717) is 4.90 Å². The number of hydrogen-bond acceptors (Lipinski definition) is 3. The van der Waals surface area contributed by atoms with Crippen LogP contribution >= 0.6 is 0 Å². The number of rotatable bonds is 1. The maximum atomic E-state index is 11.5.